The zero-order chi connectivity index (χ0) is 14.4. The maximum Gasteiger partial charge on any atom is 0.138 e. The van der Waals surface area contributed by atoms with Gasteiger partial charge < -0.3 is 4.74 Å². The largest absolute Gasteiger partial charge is 0.489 e. The lowest BCUT2D eigenvalue weighted by atomic mass is 9.88. The summed E-state index contributed by atoms with van der Waals surface area (Å²) in [5, 5.41) is 0. The van der Waals surface area contributed by atoms with E-state index in [0.717, 1.165) is 11.3 Å². The predicted molar refractivity (Wildman–Crippen MR) is 81.3 cm³/mol. The molecule has 1 aromatic heterocycles. The van der Waals surface area contributed by atoms with Crippen LogP contribution in [0.15, 0.2) is 18.5 Å². The molecule has 1 fully saturated rings. The van der Waals surface area contributed by atoms with Crippen molar-refractivity contribution in [2.75, 3.05) is 0 Å². The van der Waals surface area contributed by atoms with Crippen LogP contribution >= 0.6 is 0 Å². The SMILES string of the molecule is CC(C)Oc1cncc(C(NN)C2CCCCCC2)c1. The fourth-order valence-electron chi connectivity index (χ4n) is 3.09. The molecule has 0 radical (unpaired) electrons. The summed E-state index contributed by atoms with van der Waals surface area (Å²) in [6.07, 6.45) is 11.6. The summed E-state index contributed by atoms with van der Waals surface area (Å²) >= 11 is 0. The van der Waals surface area contributed by atoms with Crippen LogP contribution in [0.4, 0.5) is 0 Å². The van der Waals surface area contributed by atoms with Crippen molar-refractivity contribution in [1.29, 1.82) is 0 Å². The molecular weight excluding hydrogens is 250 g/mol. The van der Waals surface area contributed by atoms with E-state index in [1.165, 1.54) is 38.5 Å². The second-order valence-electron chi connectivity index (χ2n) is 6.02. The molecule has 1 aliphatic carbocycles. The van der Waals surface area contributed by atoms with E-state index in [-0.39, 0.29) is 12.1 Å². The average molecular weight is 277 g/mol. The summed E-state index contributed by atoms with van der Waals surface area (Å²) in [5.41, 5.74) is 4.14. The topological polar surface area (TPSA) is 60.2 Å². The first-order valence-corrected chi connectivity index (χ1v) is 7.78. The van der Waals surface area contributed by atoms with Crippen LogP contribution in [0.2, 0.25) is 0 Å². The molecule has 4 heteroatoms. The highest BCUT2D eigenvalue weighted by atomic mass is 16.5. The molecule has 0 aromatic carbocycles. The van der Waals surface area contributed by atoms with Gasteiger partial charge >= 0.3 is 0 Å². The summed E-state index contributed by atoms with van der Waals surface area (Å²) in [5.74, 6) is 7.24. The van der Waals surface area contributed by atoms with Crippen molar-refractivity contribution in [3.63, 3.8) is 0 Å². The van der Waals surface area contributed by atoms with Crippen LogP contribution in [0.1, 0.15) is 64.0 Å². The van der Waals surface area contributed by atoms with Crippen LogP contribution in [-0.4, -0.2) is 11.1 Å². The van der Waals surface area contributed by atoms with Crippen molar-refractivity contribution in [2.45, 2.75) is 64.5 Å². The molecule has 0 spiro atoms. The third-order valence-electron chi connectivity index (χ3n) is 4.02. The fraction of sp³-hybridized carbons (Fsp3) is 0.688. The second kappa shape index (κ2) is 7.60. The van der Waals surface area contributed by atoms with E-state index in [2.05, 4.69) is 16.5 Å². The van der Waals surface area contributed by atoms with E-state index >= 15 is 0 Å². The van der Waals surface area contributed by atoms with E-state index in [1.807, 2.05) is 20.0 Å². The van der Waals surface area contributed by atoms with Gasteiger partial charge in [0.1, 0.15) is 5.75 Å². The predicted octanol–water partition coefficient (Wildman–Crippen LogP) is 3.34. The standard InChI is InChI=1S/C16H27N3O/c1-12(2)20-15-9-14(10-18-11-15)16(19-17)13-7-5-3-4-6-8-13/h9-13,16,19H,3-8,17H2,1-2H3. The molecule has 20 heavy (non-hydrogen) atoms. The lowest BCUT2D eigenvalue weighted by Gasteiger charge is -2.26. The highest BCUT2D eigenvalue weighted by Gasteiger charge is 2.23. The van der Waals surface area contributed by atoms with Gasteiger partial charge in [-0.3, -0.25) is 16.3 Å². The number of hydrazine groups is 1. The molecule has 1 unspecified atom stereocenters. The summed E-state index contributed by atoms with van der Waals surface area (Å²) in [4.78, 5) is 4.30. The summed E-state index contributed by atoms with van der Waals surface area (Å²) in [7, 11) is 0. The van der Waals surface area contributed by atoms with Crippen LogP contribution in [0.5, 0.6) is 5.75 Å². The minimum Gasteiger partial charge on any atom is -0.489 e. The van der Waals surface area contributed by atoms with Crippen LogP contribution in [-0.2, 0) is 0 Å². The Morgan fingerprint density at radius 2 is 1.90 bits per heavy atom. The van der Waals surface area contributed by atoms with Crippen LogP contribution in [0.25, 0.3) is 0 Å². The number of rotatable bonds is 5. The molecule has 0 aliphatic heterocycles. The second-order valence-corrected chi connectivity index (χ2v) is 6.02. The molecule has 4 nitrogen and oxygen atoms in total. The number of nitrogens with two attached hydrogens (primary N) is 1. The number of hydrogen-bond donors (Lipinski definition) is 2. The Balaban J connectivity index is 2.13. The quantitative estimate of drug-likeness (QED) is 0.492. The van der Waals surface area contributed by atoms with Crippen molar-refractivity contribution >= 4 is 0 Å². The molecule has 0 bridgehead atoms. The Kier molecular flexibility index (Phi) is 5.80. The van der Waals surface area contributed by atoms with Gasteiger partial charge in [0.2, 0.25) is 0 Å². The fourth-order valence-corrected chi connectivity index (χ4v) is 3.09. The van der Waals surface area contributed by atoms with Gasteiger partial charge in [0.15, 0.2) is 0 Å². The van der Waals surface area contributed by atoms with E-state index in [0.29, 0.717) is 5.92 Å². The van der Waals surface area contributed by atoms with Gasteiger partial charge in [-0.15, -0.1) is 0 Å². The third-order valence-corrected chi connectivity index (χ3v) is 4.02. The Hall–Kier alpha value is -1.13. The van der Waals surface area contributed by atoms with Gasteiger partial charge in [0.05, 0.1) is 18.3 Å². The molecule has 2 rings (SSSR count). The first-order valence-electron chi connectivity index (χ1n) is 7.78. The van der Waals surface area contributed by atoms with Gasteiger partial charge in [-0.25, -0.2) is 0 Å². The first kappa shape index (κ1) is 15.3. The van der Waals surface area contributed by atoms with Crippen LogP contribution in [0, 0.1) is 5.92 Å². The molecule has 1 aliphatic rings. The molecule has 1 heterocycles. The lowest BCUT2D eigenvalue weighted by Crippen LogP contribution is -2.33. The summed E-state index contributed by atoms with van der Waals surface area (Å²) in [6, 6.07) is 2.25. The van der Waals surface area contributed by atoms with Gasteiger partial charge in [-0.1, -0.05) is 25.7 Å². The van der Waals surface area contributed by atoms with Crippen molar-refractivity contribution in [2.24, 2.45) is 11.8 Å². The van der Waals surface area contributed by atoms with Gasteiger partial charge in [0, 0.05) is 6.20 Å². The molecule has 0 saturated heterocycles. The molecular formula is C16H27N3O. The zero-order valence-electron chi connectivity index (χ0n) is 12.6. The van der Waals surface area contributed by atoms with E-state index in [9.17, 15) is 0 Å². The van der Waals surface area contributed by atoms with Crippen LogP contribution < -0.4 is 16.0 Å². The minimum absolute atomic E-state index is 0.161. The summed E-state index contributed by atoms with van der Waals surface area (Å²) < 4.78 is 5.73. The molecule has 0 amide bonds. The smallest absolute Gasteiger partial charge is 0.138 e. The molecule has 3 N–H and O–H groups in total. The molecule has 1 aromatic rings. The van der Waals surface area contributed by atoms with Gasteiger partial charge in [-0.05, 0) is 44.2 Å². The van der Waals surface area contributed by atoms with Crippen molar-refractivity contribution in [3.8, 4) is 5.75 Å². The number of ether oxygens (including phenoxy) is 1. The number of nitrogens with one attached hydrogen (secondary N) is 1. The molecule has 1 saturated carbocycles. The Morgan fingerprint density at radius 1 is 1.20 bits per heavy atom. The highest BCUT2D eigenvalue weighted by Crippen LogP contribution is 2.33. The summed E-state index contributed by atoms with van der Waals surface area (Å²) in [6.45, 7) is 4.05. The van der Waals surface area contributed by atoms with Crippen LogP contribution in [0.3, 0.4) is 0 Å². The monoisotopic (exact) mass is 277 g/mol. The Morgan fingerprint density at radius 3 is 2.50 bits per heavy atom. The number of nitrogens with zero attached hydrogens (tertiary/aromatic N) is 1. The van der Waals surface area contributed by atoms with E-state index in [1.54, 1.807) is 6.20 Å². The van der Waals surface area contributed by atoms with Crippen molar-refractivity contribution in [3.05, 3.63) is 24.0 Å². The van der Waals surface area contributed by atoms with Crippen molar-refractivity contribution < 1.29 is 4.74 Å². The molecule has 112 valence electrons. The van der Waals surface area contributed by atoms with Crippen molar-refractivity contribution in [1.82, 2.24) is 10.4 Å². The maximum atomic E-state index is 5.82. The Labute approximate surface area is 122 Å². The first-order chi connectivity index (χ1) is 9.70. The number of hydrogen-bond acceptors (Lipinski definition) is 4. The number of aromatic nitrogens is 1. The normalized spacial score (nSPS) is 18.8. The highest BCUT2D eigenvalue weighted by molar-refractivity contribution is 5.26. The third kappa shape index (κ3) is 4.18. The van der Waals surface area contributed by atoms with Gasteiger partial charge in [-0.2, -0.15) is 0 Å². The van der Waals surface area contributed by atoms with E-state index in [4.69, 9.17) is 10.6 Å². The average Bonchev–Trinajstić information content (AvgIpc) is 2.68. The van der Waals surface area contributed by atoms with E-state index < -0.39 is 0 Å². The maximum absolute atomic E-state index is 5.82. The van der Waals surface area contributed by atoms with Gasteiger partial charge in [0.25, 0.3) is 0 Å². The Bertz CT molecular complexity index is 400. The zero-order valence-corrected chi connectivity index (χ0v) is 12.6. The number of pyridine rings is 1. The lowest BCUT2D eigenvalue weighted by molar-refractivity contribution is 0.240. The molecule has 1 atom stereocenters. The minimum atomic E-state index is 0.161.